The van der Waals surface area contributed by atoms with Gasteiger partial charge in [-0.15, -0.1) is 34.2 Å². The van der Waals surface area contributed by atoms with Crippen LogP contribution >= 0.6 is 24.0 Å². The molecule has 0 fully saturated rings. The molecular formula is C17H27IN6O2. The van der Waals surface area contributed by atoms with Crippen LogP contribution in [0.5, 0.6) is 0 Å². The minimum atomic E-state index is -0.725. The first-order valence-electron chi connectivity index (χ1n) is 8.77. The van der Waals surface area contributed by atoms with Crippen molar-refractivity contribution in [1.82, 2.24) is 25.4 Å². The minimum Gasteiger partial charge on any atom is -0.464 e. The van der Waals surface area contributed by atoms with E-state index >= 15 is 0 Å². The molecule has 0 aliphatic carbocycles. The second kappa shape index (κ2) is 9.91. The van der Waals surface area contributed by atoms with Gasteiger partial charge in [0.1, 0.15) is 23.4 Å². The molecule has 0 aromatic carbocycles. The lowest BCUT2D eigenvalue weighted by Gasteiger charge is -2.14. The van der Waals surface area contributed by atoms with Gasteiger partial charge >= 0.3 is 0 Å². The van der Waals surface area contributed by atoms with Gasteiger partial charge in [-0.25, -0.2) is 0 Å². The average Bonchev–Trinajstić information content (AvgIpc) is 3.14. The summed E-state index contributed by atoms with van der Waals surface area (Å²) >= 11 is 0. The zero-order chi connectivity index (χ0) is 17.6. The molecule has 0 radical (unpaired) electrons. The monoisotopic (exact) mass is 474 g/mol. The van der Waals surface area contributed by atoms with Crippen LogP contribution in [0.1, 0.15) is 48.5 Å². The highest BCUT2D eigenvalue weighted by molar-refractivity contribution is 14.0. The van der Waals surface area contributed by atoms with E-state index in [0.717, 1.165) is 30.4 Å². The Morgan fingerprint density at radius 1 is 1.31 bits per heavy atom. The van der Waals surface area contributed by atoms with Gasteiger partial charge in [-0.1, -0.05) is 6.42 Å². The number of aryl methyl sites for hydroxylation is 2. The summed E-state index contributed by atoms with van der Waals surface area (Å²) in [7, 11) is 1.70. The molecular weight excluding hydrogens is 447 g/mol. The van der Waals surface area contributed by atoms with Gasteiger partial charge in [0.2, 0.25) is 0 Å². The molecule has 1 aliphatic rings. The van der Waals surface area contributed by atoms with Gasteiger partial charge in [-0.05, 0) is 31.9 Å². The van der Waals surface area contributed by atoms with E-state index < -0.39 is 6.10 Å². The van der Waals surface area contributed by atoms with Gasteiger partial charge in [0.15, 0.2) is 11.8 Å². The van der Waals surface area contributed by atoms with Crippen molar-refractivity contribution in [2.24, 2.45) is 4.99 Å². The Kier molecular flexibility index (Phi) is 7.88. The van der Waals surface area contributed by atoms with E-state index in [2.05, 4.69) is 30.4 Å². The van der Waals surface area contributed by atoms with Crippen LogP contribution < -0.4 is 10.6 Å². The maximum absolute atomic E-state index is 10.2. The summed E-state index contributed by atoms with van der Waals surface area (Å²) in [5, 5.41) is 25.1. The van der Waals surface area contributed by atoms with Crippen LogP contribution in [-0.2, 0) is 19.5 Å². The first-order chi connectivity index (χ1) is 12.2. The van der Waals surface area contributed by atoms with Crippen molar-refractivity contribution >= 4 is 29.9 Å². The highest BCUT2D eigenvalue weighted by Gasteiger charge is 2.15. The number of rotatable bonds is 5. The first-order valence-corrected chi connectivity index (χ1v) is 8.77. The highest BCUT2D eigenvalue weighted by atomic mass is 127. The third-order valence-corrected chi connectivity index (χ3v) is 4.38. The second-order valence-electron chi connectivity index (χ2n) is 6.27. The van der Waals surface area contributed by atoms with Crippen LogP contribution in [0.2, 0.25) is 0 Å². The van der Waals surface area contributed by atoms with Gasteiger partial charge in [-0.3, -0.25) is 4.99 Å². The van der Waals surface area contributed by atoms with E-state index in [4.69, 9.17) is 4.42 Å². The lowest BCUT2D eigenvalue weighted by atomic mass is 10.2. The minimum absolute atomic E-state index is 0. The number of hydrogen-bond acceptors (Lipinski definition) is 5. The van der Waals surface area contributed by atoms with E-state index in [0.29, 0.717) is 24.8 Å². The van der Waals surface area contributed by atoms with Crippen molar-refractivity contribution in [1.29, 1.82) is 0 Å². The third-order valence-electron chi connectivity index (χ3n) is 4.38. The maximum atomic E-state index is 10.2. The summed E-state index contributed by atoms with van der Waals surface area (Å²) in [6, 6.07) is 3.62. The molecule has 0 spiro atoms. The molecule has 1 atom stereocenters. The predicted molar refractivity (Wildman–Crippen MR) is 110 cm³/mol. The zero-order valence-corrected chi connectivity index (χ0v) is 17.6. The van der Waals surface area contributed by atoms with Crippen molar-refractivity contribution < 1.29 is 9.52 Å². The molecule has 2 aromatic heterocycles. The molecule has 8 nitrogen and oxygen atoms in total. The topological polar surface area (TPSA) is 100 Å². The summed E-state index contributed by atoms with van der Waals surface area (Å²) in [6.07, 6.45) is 3.86. The number of furan rings is 1. The van der Waals surface area contributed by atoms with Crippen LogP contribution in [-0.4, -0.2) is 39.4 Å². The molecule has 0 saturated heterocycles. The Labute approximate surface area is 170 Å². The molecule has 3 rings (SSSR count). The Balaban J connectivity index is 0.00000243. The molecule has 2 aromatic rings. The molecule has 0 saturated carbocycles. The van der Waals surface area contributed by atoms with E-state index in [1.165, 1.54) is 19.3 Å². The van der Waals surface area contributed by atoms with Crippen molar-refractivity contribution in [2.75, 3.05) is 13.6 Å². The van der Waals surface area contributed by atoms with Gasteiger partial charge in [-0.2, -0.15) is 0 Å². The van der Waals surface area contributed by atoms with Crippen molar-refractivity contribution in [3.05, 3.63) is 35.3 Å². The lowest BCUT2D eigenvalue weighted by molar-refractivity contribution is 0.151. The Bertz CT molecular complexity index is 727. The van der Waals surface area contributed by atoms with E-state index in [-0.39, 0.29) is 24.0 Å². The number of hydrogen-bond donors (Lipinski definition) is 3. The molecule has 3 N–H and O–H groups in total. The number of aliphatic imine (C=N–C) groups is 1. The summed E-state index contributed by atoms with van der Waals surface area (Å²) in [6.45, 7) is 3.68. The molecule has 0 amide bonds. The van der Waals surface area contributed by atoms with Crippen LogP contribution in [0.25, 0.3) is 0 Å². The first kappa shape index (κ1) is 20.7. The predicted octanol–water partition coefficient (Wildman–Crippen LogP) is 1.92. The summed E-state index contributed by atoms with van der Waals surface area (Å²) in [4.78, 5) is 4.18. The molecule has 1 aliphatic heterocycles. The molecule has 0 bridgehead atoms. The molecule has 3 heterocycles. The quantitative estimate of drug-likeness (QED) is 0.348. The van der Waals surface area contributed by atoms with E-state index in [1.807, 2.05) is 13.0 Å². The van der Waals surface area contributed by atoms with Crippen molar-refractivity contribution in [3.63, 3.8) is 0 Å². The number of fused-ring (bicyclic) bond motifs is 1. The Morgan fingerprint density at radius 2 is 2.15 bits per heavy atom. The molecule has 9 heteroatoms. The van der Waals surface area contributed by atoms with Gasteiger partial charge < -0.3 is 24.7 Å². The summed E-state index contributed by atoms with van der Waals surface area (Å²) < 4.78 is 7.63. The van der Waals surface area contributed by atoms with Crippen LogP contribution in [0, 0.1) is 6.92 Å². The van der Waals surface area contributed by atoms with Crippen LogP contribution in [0.15, 0.2) is 21.5 Å². The fourth-order valence-electron chi connectivity index (χ4n) is 2.99. The smallest absolute Gasteiger partial charge is 0.191 e. The number of nitrogens with zero attached hydrogens (tertiary/aromatic N) is 4. The fourth-order valence-corrected chi connectivity index (χ4v) is 2.99. The molecule has 26 heavy (non-hydrogen) atoms. The lowest BCUT2D eigenvalue weighted by Crippen LogP contribution is -2.39. The average molecular weight is 474 g/mol. The number of guanidine groups is 1. The fraction of sp³-hybridized carbons (Fsp3) is 0.588. The number of aliphatic hydroxyl groups excluding tert-OH is 1. The standard InChI is InChI=1S/C17H26N6O2.HI/c1-12-7-8-14(25-12)13(24)10-19-17(18-2)20-11-16-22-21-15-6-4-3-5-9-23(15)16;/h7-8,13,24H,3-6,9-11H2,1-2H3,(H2,18,19,20);1H. The molecule has 144 valence electrons. The van der Waals surface area contributed by atoms with Gasteiger partial charge in [0.05, 0.1) is 13.1 Å². The normalized spacial score (nSPS) is 15.6. The number of aliphatic hydroxyl groups is 1. The number of nitrogens with one attached hydrogen (secondary N) is 2. The number of halogens is 1. The highest BCUT2D eigenvalue weighted by Crippen LogP contribution is 2.15. The van der Waals surface area contributed by atoms with E-state index in [1.54, 1.807) is 13.1 Å². The Morgan fingerprint density at radius 3 is 2.88 bits per heavy atom. The van der Waals surface area contributed by atoms with Crippen molar-refractivity contribution in [2.45, 2.75) is 51.8 Å². The Hall–Kier alpha value is -1.62. The van der Waals surface area contributed by atoms with Gasteiger partial charge in [0, 0.05) is 20.0 Å². The van der Waals surface area contributed by atoms with Gasteiger partial charge in [0.25, 0.3) is 0 Å². The third kappa shape index (κ3) is 5.19. The summed E-state index contributed by atoms with van der Waals surface area (Å²) in [5.74, 6) is 3.92. The SMILES string of the molecule is CN=C(NCc1nnc2n1CCCCC2)NCC(O)c1ccc(C)o1.I. The number of aromatic nitrogens is 3. The largest absolute Gasteiger partial charge is 0.464 e. The maximum Gasteiger partial charge on any atom is 0.191 e. The van der Waals surface area contributed by atoms with Crippen LogP contribution in [0.4, 0.5) is 0 Å². The van der Waals surface area contributed by atoms with E-state index in [9.17, 15) is 5.11 Å². The van der Waals surface area contributed by atoms with Crippen LogP contribution in [0.3, 0.4) is 0 Å². The summed E-state index contributed by atoms with van der Waals surface area (Å²) in [5.41, 5.74) is 0. The zero-order valence-electron chi connectivity index (χ0n) is 15.2. The molecule has 1 unspecified atom stereocenters. The van der Waals surface area contributed by atoms with Crippen molar-refractivity contribution in [3.8, 4) is 0 Å². The second-order valence-corrected chi connectivity index (χ2v) is 6.27.